The minimum atomic E-state index is -0.0199. The first-order valence-corrected chi connectivity index (χ1v) is 17.3. The first-order chi connectivity index (χ1) is 23.2. The van der Waals surface area contributed by atoms with E-state index in [0.717, 1.165) is 89.4 Å². The van der Waals surface area contributed by atoms with Gasteiger partial charge in [0.1, 0.15) is 17.3 Å². The fourth-order valence-corrected chi connectivity index (χ4v) is 7.11. The molecular weight excluding hydrogens is 600 g/mol. The number of nitrogens with zero attached hydrogens (tertiary/aromatic N) is 6. The molecule has 7 rings (SSSR count). The Bertz CT molecular complexity index is 1920. The van der Waals surface area contributed by atoms with Gasteiger partial charge in [0, 0.05) is 37.1 Å². The lowest BCUT2D eigenvalue weighted by Gasteiger charge is -2.24. The van der Waals surface area contributed by atoms with E-state index < -0.39 is 0 Å². The Morgan fingerprint density at radius 1 is 0.667 bits per heavy atom. The molecule has 10 nitrogen and oxygen atoms in total. The normalized spacial score (nSPS) is 18.1. The van der Waals surface area contributed by atoms with Crippen LogP contribution in [0.5, 0.6) is 0 Å². The molecule has 2 saturated heterocycles. The summed E-state index contributed by atoms with van der Waals surface area (Å²) in [6, 6.07) is 12.7. The molecule has 2 aliphatic heterocycles. The summed E-state index contributed by atoms with van der Waals surface area (Å²) in [6.07, 6.45) is 12.2. The molecule has 0 spiro atoms. The van der Waals surface area contributed by atoms with Crippen LogP contribution in [0.3, 0.4) is 0 Å². The number of carbonyl (C=O) groups excluding carboxylic acids is 2. The summed E-state index contributed by atoms with van der Waals surface area (Å²) in [5, 5.41) is 2.22. The lowest BCUT2D eigenvalue weighted by molar-refractivity contribution is -0.133. The molecule has 48 heavy (non-hydrogen) atoms. The van der Waals surface area contributed by atoms with E-state index in [2.05, 4.69) is 79.0 Å². The van der Waals surface area contributed by atoms with E-state index in [-0.39, 0.29) is 23.9 Å². The molecule has 5 aromatic rings. The molecule has 0 saturated carbocycles. The second-order valence-corrected chi connectivity index (χ2v) is 14.1. The van der Waals surface area contributed by atoms with Crippen molar-refractivity contribution in [3.05, 3.63) is 72.8 Å². The van der Waals surface area contributed by atoms with Gasteiger partial charge in [-0.15, -0.1) is 0 Å². The van der Waals surface area contributed by atoms with Gasteiger partial charge in [0.05, 0.1) is 54.0 Å². The van der Waals surface area contributed by atoms with E-state index in [0.29, 0.717) is 30.4 Å². The Kier molecular flexibility index (Phi) is 8.81. The molecule has 0 unspecified atom stereocenters. The molecule has 2 amide bonds. The van der Waals surface area contributed by atoms with Gasteiger partial charge in [-0.05, 0) is 60.4 Å². The topological polar surface area (TPSA) is 124 Å². The largest absolute Gasteiger partial charge is 0.340 e. The van der Waals surface area contributed by atoms with Crippen molar-refractivity contribution in [2.75, 3.05) is 13.1 Å². The quantitative estimate of drug-likeness (QED) is 0.171. The fourth-order valence-electron chi connectivity index (χ4n) is 7.11. The zero-order valence-corrected chi connectivity index (χ0v) is 28.2. The van der Waals surface area contributed by atoms with Crippen LogP contribution in [-0.2, 0) is 9.59 Å². The summed E-state index contributed by atoms with van der Waals surface area (Å²) < 4.78 is 0. The molecule has 248 valence electrons. The van der Waals surface area contributed by atoms with E-state index in [4.69, 9.17) is 15.0 Å². The van der Waals surface area contributed by atoms with Gasteiger partial charge in [0.25, 0.3) is 0 Å². The van der Waals surface area contributed by atoms with Crippen molar-refractivity contribution < 1.29 is 9.59 Å². The van der Waals surface area contributed by atoms with Crippen LogP contribution < -0.4 is 0 Å². The Morgan fingerprint density at radius 3 is 1.73 bits per heavy atom. The van der Waals surface area contributed by atoms with Gasteiger partial charge in [-0.2, -0.15) is 0 Å². The summed E-state index contributed by atoms with van der Waals surface area (Å²) >= 11 is 0. The first-order valence-electron chi connectivity index (χ1n) is 17.3. The number of hydrogen-bond acceptors (Lipinski definition) is 6. The second-order valence-electron chi connectivity index (χ2n) is 14.1. The number of amides is 2. The minimum Gasteiger partial charge on any atom is -0.340 e. The average Bonchev–Trinajstić information content (AvgIpc) is 3.89. The molecule has 2 N–H and O–H groups in total. The highest BCUT2D eigenvalue weighted by atomic mass is 16.2. The number of likely N-dealkylation sites (tertiary alicyclic amines) is 2. The molecule has 0 aliphatic carbocycles. The van der Waals surface area contributed by atoms with Crippen molar-refractivity contribution in [3.63, 3.8) is 0 Å². The third-order valence-corrected chi connectivity index (χ3v) is 9.51. The van der Waals surface area contributed by atoms with Crippen molar-refractivity contribution in [2.45, 2.75) is 78.3 Å². The van der Waals surface area contributed by atoms with Crippen molar-refractivity contribution in [1.29, 1.82) is 0 Å². The number of imidazole rings is 2. The zero-order valence-electron chi connectivity index (χ0n) is 28.2. The summed E-state index contributed by atoms with van der Waals surface area (Å²) in [5.74, 6) is 2.75. The summed E-state index contributed by atoms with van der Waals surface area (Å²) in [7, 11) is 0. The van der Waals surface area contributed by atoms with Crippen LogP contribution in [0.1, 0.15) is 90.0 Å². The van der Waals surface area contributed by atoms with Gasteiger partial charge >= 0.3 is 0 Å². The first kappa shape index (κ1) is 31.7. The third-order valence-electron chi connectivity index (χ3n) is 9.51. The van der Waals surface area contributed by atoms with Crippen LogP contribution in [-0.4, -0.2) is 64.6 Å². The highest BCUT2D eigenvalue weighted by Crippen LogP contribution is 2.35. The van der Waals surface area contributed by atoms with Crippen LogP contribution >= 0.6 is 0 Å². The number of nitrogens with one attached hydrogen (secondary N) is 2. The van der Waals surface area contributed by atoms with Crippen LogP contribution in [0.15, 0.2) is 61.2 Å². The zero-order chi connectivity index (χ0) is 33.4. The van der Waals surface area contributed by atoms with E-state index in [1.807, 2.05) is 16.0 Å². The Hall–Kier alpha value is -4.86. The average molecular weight is 645 g/mol. The Labute approximate surface area is 281 Å². The summed E-state index contributed by atoms with van der Waals surface area (Å²) in [6.45, 7) is 9.89. The molecule has 3 aromatic heterocycles. The van der Waals surface area contributed by atoms with Crippen LogP contribution in [0.2, 0.25) is 0 Å². The van der Waals surface area contributed by atoms with Gasteiger partial charge in [0.15, 0.2) is 0 Å². The van der Waals surface area contributed by atoms with Gasteiger partial charge < -0.3 is 19.8 Å². The summed E-state index contributed by atoms with van der Waals surface area (Å²) in [4.78, 5) is 55.3. The number of aromatic amines is 2. The van der Waals surface area contributed by atoms with E-state index in [1.165, 1.54) is 0 Å². The fraction of sp³-hybridized carbons (Fsp3) is 0.421. The Morgan fingerprint density at radius 2 is 1.17 bits per heavy atom. The molecule has 10 heteroatoms. The van der Waals surface area contributed by atoms with Gasteiger partial charge in [0.2, 0.25) is 11.8 Å². The maximum absolute atomic E-state index is 12.8. The van der Waals surface area contributed by atoms with Crippen molar-refractivity contribution >= 4 is 22.6 Å². The SMILES string of the molecule is CC(C)CC(=O)N1CCC[C@H]1c1ncc(-c2ccc3cc(-c4cnc(-c5cnc([C@@H]6CCCN6C(=O)CC(C)C)[nH]5)cn4)ccc3c2)[nH]1. The second kappa shape index (κ2) is 13.3. The highest BCUT2D eigenvalue weighted by Gasteiger charge is 2.33. The van der Waals surface area contributed by atoms with Crippen molar-refractivity contribution in [3.8, 4) is 33.9 Å². The number of hydrogen-bond donors (Lipinski definition) is 2. The highest BCUT2D eigenvalue weighted by molar-refractivity contribution is 5.90. The third kappa shape index (κ3) is 6.48. The lowest BCUT2D eigenvalue weighted by atomic mass is 10.0. The smallest absolute Gasteiger partial charge is 0.223 e. The molecule has 0 bridgehead atoms. The number of rotatable bonds is 9. The monoisotopic (exact) mass is 644 g/mol. The van der Waals surface area contributed by atoms with Crippen molar-refractivity contribution in [2.24, 2.45) is 11.8 Å². The van der Waals surface area contributed by atoms with Gasteiger partial charge in [-0.3, -0.25) is 19.6 Å². The van der Waals surface area contributed by atoms with Crippen LogP contribution in [0.4, 0.5) is 0 Å². The molecule has 0 radical (unpaired) electrons. The maximum atomic E-state index is 12.8. The van der Waals surface area contributed by atoms with Gasteiger partial charge in [-0.25, -0.2) is 9.97 Å². The van der Waals surface area contributed by atoms with E-state index >= 15 is 0 Å². The Balaban J connectivity index is 1.04. The number of benzene rings is 2. The standard InChI is InChI=1S/C38H44N8O2/c1-23(2)15-35(47)45-13-5-7-33(45)37-41-20-30(43-37)28-12-10-25-17-27(11-9-26(25)18-28)29-19-40-31(21-39-29)32-22-42-38(44-32)34-8-6-14-46(34)36(48)16-24(3)4/h9-12,17-24,33-34H,5-8,13-16H2,1-4H3,(H,41,43)(H,42,44)/t33-,34-/m0/s1. The number of fused-ring (bicyclic) bond motifs is 1. The predicted molar refractivity (Wildman–Crippen MR) is 186 cm³/mol. The maximum Gasteiger partial charge on any atom is 0.223 e. The molecule has 2 fully saturated rings. The number of H-pyrrole nitrogens is 2. The van der Waals surface area contributed by atoms with Crippen LogP contribution in [0.25, 0.3) is 44.7 Å². The molecule has 5 heterocycles. The number of aromatic nitrogens is 6. The minimum absolute atomic E-state index is 0.0127. The van der Waals surface area contributed by atoms with E-state index in [1.54, 1.807) is 18.6 Å². The van der Waals surface area contributed by atoms with Crippen LogP contribution in [0, 0.1) is 11.8 Å². The molecular formula is C38H44N8O2. The van der Waals surface area contributed by atoms with Crippen molar-refractivity contribution in [1.82, 2.24) is 39.7 Å². The number of carbonyl (C=O) groups is 2. The molecule has 2 aromatic carbocycles. The summed E-state index contributed by atoms with van der Waals surface area (Å²) in [5.41, 5.74) is 5.29. The predicted octanol–water partition coefficient (Wildman–Crippen LogP) is 7.50. The molecule has 2 atom stereocenters. The van der Waals surface area contributed by atoms with Gasteiger partial charge in [-0.1, -0.05) is 52.0 Å². The molecule has 2 aliphatic rings. The lowest BCUT2D eigenvalue weighted by Crippen LogP contribution is -2.31. The van der Waals surface area contributed by atoms with E-state index in [9.17, 15) is 9.59 Å².